The minimum absolute atomic E-state index is 0.165. The van der Waals surface area contributed by atoms with Gasteiger partial charge in [0.25, 0.3) is 5.91 Å². The molecule has 0 saturated carbocycles. The Hall–Kier alpha value is -2.36. The van der Waals surface area contributed by atoms with Gasteiger partial charge in [0.2, 0.25) is 0 Å². The molecule has 4 nitrogen and oxygen atoms in total. The fourth-order valence-corrected chi connectivity index (χ4v) is 2.37. The first-order valence-electron chi connectivity index (χ1n) is 6.31. The third kappa shape index (κ3) is 1.85. The highest BCUT2D eigenvalue weighted by Gasteiger charge is 2.36. The topological polar surface area (TPSA) is 40.6 Å². The number of benzene rings is 2. The molecule has 1 heterocycles. The van der Waals surface area contributed by atoms with E-state index in [2.05, 4.69) is 0 Å². The molecule has 0 aliphatic carbocycles. The van der Waals surface area contributed by atoms with E-state index in [-0.39, 0.29) is 18.5 Å². The normalized spacial score (nSPS) is 15.6. The van der Waals surface area contributed by atoms with Gasteiger partial charge in [-0.2, -0.15) is 0 Å². The lowest BCUT2D eigenvalue weighted by atomic mass is 10.1. The van der Waals surface area contributed by atoms with Crippen LogP contribution in [0.3, 0.4) is 0 Å². The Bertz CT molecular complexity index is 666. The van der Waals surface area contributed by atoms with Crippen LogP contribution in [0.1, 0.15) is 6.92 Å². The van der Waals surface area contributed by atoms with Crippen molar-refractivity contribution in [1.82, 2.24) is 4.90 Å². The number of hydrogen-bond donors (Lipinski definition) is 0. The molecule has 4 heteroatoms. The van der Waals surface area contributed by atoms with Crippen LogP contribution in [-0.2, 0) is 4.79 Å². The van der Waals surface area contributed by atoms with Crippen molar-refractivity contribution in [3.05, 3.63) is 42.5 Å². The van der Waals surface area contributed by atoms with Crippen molar-refractivity contribution in [2.24, 2.45) is 0 Å². The van der Waals surface area contributed by atoms with Gasteiger partial charge < -0.3 is 4.90 Å². The molecular formula is C15H14N2O2. The van der Waals surface area contributed by atoms with Crippen LogP contribution in [0.25, 0.3) is 10.8 Å². The van der Waals surface area contributed by atoms with Gasteiger partial charge in [-0.25, -0.2) is 9.69 Å². The summed E-state index contributed by atoms with van der Waals surface area (Å²) in [5, 5.41) is 2.12. The summed E-state index contributed by atoms with van der Waals surface area (Å²) in [6, 6.07) is 13.3. The number of nitrogens with zero attached hydrogens (tertiary/aromatic N) is 2. The van der Waals surface area contributed by atoms with Crippen molar-refractivity contribution in [3.8, 4) is 0 Å². The fourth-order valence-electron chi connectivity index (χ4n) is 2.37. The van der Waals surface area contributed by atoms with E-state index >= 15 is 0 Å². The largest absolute Gasteiger partial charge is 0.331 e. The average molecular weight is 254 g/mol. The zero-order valence-corrected chi connectivity index (χ0v) is 10.7. The number of likely N-dealkylation sites (N-methyl/N-ethyl adjacent to an activating group) is 1. The SMILES string of the molecule is CCN1CC(=O)N(c2ccc3ccccc3c2)C1=O. The number of rotatable bonds is 2. The monoisotopic (exact) mass is 254 g/mol. The molecule has 0 radical (unpaired) electrons. The second-order valence-corrected chi connectivity index (χ2v) is 4.56. The minimum Gasteiger partial charge on any atom is -0.315 e. The second-order valence-electron chi connectivity index (χ2n) is 4.56. The van der Waals surface area contributed by atoms with Crippen molar-refractivity contribution in [1.29, 1.82) is 0 Å². The van der Waals surface area contributed by atoms with Gasteiger partial charge in [0.1, 0.15) is 6.54 Å². The van der Waals surface area contributed by atoms with E-state index in [4.69, 9.17) is 0 Å². The first-order chi connectivity index (χ1) is 9.20. The zero-order chi connectivity index (χ0) is 13.4. The van der Waals surface area contributed by atoms with Crippen LogP contribution in [-0.4, -0.2) is 29.9 Å². The quantitative estimate of drug-likeness (QED) is 0.773. The van der Waals surface area contributed by atoms with Crippen molar-refractivity contribution in [3.63, 3.8) is 0 Å². The first-order valence-corrected chi connectivity index (χ1v) is 6.31. The summed E-state index contributed by atoms with van der Waals surface area (Å²) in [7, 11) is 0. The van der Waals surface area contributed by atoms with Crippen LogP contribution < -0.4 is 4.90 Å². The Balaban J connectivity index is 2.04. The van der Waals surface area contributed by atoms with Crippen molar-refractivity contribution < 1.29 is 9.59 Å². The van der Waals surface area contributed by atoms with Gasteiger partial charge in [0, 0.05) is 6.54 Å². The molecule has 19 heavy (non-hydrogen) atoms. The van der Waals surface area contributed by atoms with E-state index in [0.29, 0.717) is 12.2 Å². The second kappa shape index (κ2) is 4.39. The number of anilines is 1. The van der Waals surface area contributed by atoms with Gasteiger partial charge in [-0.1, -0.05) is 30.3 Å². The number of amides is 3. The number of urea groups is 1. The summed E-state index contributed by atoms with van der Waals surface area (Å²) in [5.74, 6) is -0.165. The molecule has 1 fully saturated rings. The van der Waals surface area contributed by atoms with E-state index < -0.39 is 0 Å². The maximum atomic E-state index is 12.1. The molecule has 0 atom stereocenters. The molecule has 1 saturated heterocycles. The third-order valence-corrected chi connectivity index (χ3v) is 3.41. The van der Waals surface area contributed by atoms with Gasteiger partial charge in [-0.05, 0) is 29.8 Å². The predicted octanol–water partition coefficient (Wildman–Crippen LogP) is 2.63. The van der Waals surface area contributed by atoms with Crippen molar-refractivity contribution in [2.45, 2.75) is 6.92 Å². The van der Waals surface area contributed by atoms with Gasteiger partial charge in [0.05, 0.1) is 5.69 Å². The van der Waals surface area contributed by atoms with Gasteiger partial charge in [-0.3, -0.25) is 4.79 Å². The Morgan fingerprint density at radius 1 is 1.05 bits per heavy atom. The summed E-state index contributed by atoms with van der Waals surface area (Å²) in [4.78, 5) is 26.9. The van der Waals surface area contributed by atoms with Gasteiger partial charge >= 0.3 is 6.03 Å². The highest BCUT2D eigenvalue weighted by atomic mass is 16.2. The van der Waals surface area contributed by atoms with Gasteiger partial charge in [0.15, 0.2) is 0 Å². The van der Waals surface area contributed by atoms with E-state index in [1.54, 1.807) is 0 Å². The maximum absolute atomic E-state index is 12.1. The molecule has 0 aromatic heterocycles. The van der Waals surface area contributed by atoms with Crippen molar-refractivity contribution >= 4 is 28.4 Å². The summed E-state index contributed by atoms with van der Waals surface area (Å²) in [6.45, 7) is 2.59. The molecule has 0 N–H and O–H groups in total. The van der Waals surface area contributed by atoms with Crippen molar-refractivity contribution in [2.75, 3.05) is 18.0 Å². The van der Waals surface area contributed by atoms with E-state index in [1.807, 2.05) is 49.4 Å². The number of fused-ring (bicyclic) bond motifs is 1. The molecule has 3 amide bonds. The molecule has 0 unspecified atom stereocenters. The molecule has 0 bridgehead atoms. The highest BCUT2D eigenvalue weighted by Crippen LogP contribution is 2.25. The van der Waals surface area contributed by atoms with Crippen LogP contribution in [0.15, 0.2) is 42.5 Å². The molecule has 96 valence electrons. The molecule has 2 aromatic rings. The maximum Gasteiger partial charge on any atom is 0.331 e. The van der Waals surface area contributed by atoms with Crippen LogP contribution in [0.5, 0.6) is 0 Å². The number of hydrogen-bond acceptors (Lipinski definition) is 2. The number of carbonyl (C=O) groups excluding carboxylic acids is 2. The molecular weight excluding hydrogens is 240 g/mol. The predicted molar refractivity (Wildman–Crippen MR) is 74.1 cm³/mol. The van der Waals surface area contributed by atoms with Gasteiger partial charge in [-0.15, -0.1) is 0 Å². The van der Waals surface area contributed by atoms with E-state index in [0.717, 1.165) is 10.8 Å². The third-order valence-electron chi connectivity index (χ3n) is 3.41. The Kier molecular flexibility index (Phi) is 2.71. The summed E-state index contributed by atoms with van der Waals surface area (Å²) >= 11 is 0. The fraction of sp³-hybridized carbons (Fsp3) is 0.200. The lowest BCUT2D eigenvalue weighted by molar-refractivity contribution is -0.116. The number of imide groups is 1. The highest BCUT2D eigenvalue weighted by molar-refractivity contribution is 6.20. The van der Waals surface area contributed by atoms with E-state index in [9.17, 15) is 9.59 Å². The Labute approximate surface area is 111 Å². The van der Waals surface area contributed by atoms with Crippen LogP contribution >= 0.6 is 0 Å². The summed E-state index contributed by atoms with van der Waals surface area (Å²) in [6.07, 6.45) is 0. The molecule has 1 aliphatic rings. The summed E-state index contributed by atoms with van der Waals surface area (Å²) in [5.41, 5.74) is 0.643. The number of carbonyl (C=O) groups is 2. The molecule has 0 spiro atoms. The smallest absolute Gasteiger partial charge is 0.315 e. The standard InChI is InChI=1S/C15H14N2O2/c1-2-16-10-14(18)17(15(16)19)13-8-7-11-5-3-4-6-12(11)9-13/h3-9H,2,10H2,1H3. The lowest BCUT2D eigenvalue weighted by Gasteiger charge is -2.16. The Morgan fingerprint density at radius 3 is 2.47 bits per heavy atom. The Morgan fingerprint density at radius 2 is 1.79 bits per heavy atom. The zero-order valence-electron chi connectivity index (χ0n) is 10.7. The van der Waals surface area contributed by atoms with E-state index in [1.165, 1.54) is 9.80 Å². The average Bonchev–Trinajstić information content (AvgIpc) is 2.73. The van der Waals surface area contributed by atoms with Crippen LogP contribution in [0.4, 0.5) is 10.5 Å². The minimum atomic E-state index is -0.234. The van der Waals surface area contributed by atoms with Crippen LogP contribution in [0, 0.1) is 0 Å². The molecule has 1 aliphatic heterocycles. The lowest BCUT2D eigenvalue weighted by Crippen LogP contribution is -2.32. The summed E-state index contributed by atoms with van der Waals surface area (Å²) < 4.78 is 0. The van der Waals surface area contributed by atoms with Crippen LogP contribution in [0.2, 0.25) is 0 Å². The molecule has 2 aromatic carbocycles. The molecule has 3 rings (SSSR count). The first kappa shape index (κ1) is 11.7.